The predicted molar refractivity (Wildman–Crippen MR) is 71.0 cm³/mol. The summed E-state index contributed by atoms with van der Waals surface area (Å²) in [4.78, 5) is 8.10. The summed E-state index contributed by atoms with van der Waals surface area (Å²) in [5.74, 6) is 0.826. The smallest absolute Gasteiger partial charge is 0.115 e. The SMILES string of the molecule is c1cc(CNCc2ccncn2)cc(C2CC2)c1. The van der Waals surface area contributed by atoms with Crippen molar-refractivity contribution in [1.82, 2.24) is 15.3 Å². The Kier molecular flexibility index (Phi) is 3.33. The van der Waals surface area contributed by atoms with Gasteiger partial charge in [0.25, 0.3) is 0 Å². The van der Waals surface area contributed by atoms with E-state index in [1.165, 1.54) is 24.0 Å². The Labute approximate surface area is 107 Å². The molecule has 1 N–H and O–H groups in total. The summed E-state index contributed by atoms with van der Waals surface area (Å²) in [5, 5.41) is 3.41. The summed E-state index contributed by atoms with van der Waals surface area (Å²) in [6, 6.07) is 10.8. The van der Waals surface area contributed by atoms with Gasteiger partial charge in [-0.3, -0.25) is 0 Å². The quantitative estimate of drug-likeness (QED) is 0.871. The maximum atomic E-state index is 4.19. The molecule has 3 heteroatoms. The maximum Gasteiger partial charge on any atom is 0.115 e. The van der Waals surface area contributed by atoms with Gasteiger partial charge in [0, 0.05) is 19.3 Å². The highest BCUT2D eigenvalue weighted by atomic mass is 14.9. The van der Waals surface area contributed by atoms with Crippen molar-refractivity contribution in [3.8, 4) is 0 Å². The van der Waals surface area contributed by atoms with Gasteiger partial charge in [-0.05, 0) is 36.0 Å². The molecular formula is C15H17N3. The molecule has 0 unspecified atom stereocenters. The molecule has 1 aliphatic carbocycles. The van der Waals surface area contributed by atoms with Crippen molar-refractivity contribution in [3.63, 3.8) is 0 Å². The Morgan fingerprint density at radius 1 is 1.17 bits per heavy atom. The Morgan fingerprint density at radius 3 is 2.89 bits per heavy atom. The second-order valence-electron chi connectivity index (χ2n) is 4.82. The lowest BCUT2D eigenvalue weighted by Crippen LogP contribution is -2.13. The topological polar surface area (TPSA) is 37.8 Å². The normalized spacial score (nSPS) is 14.7. The second kappa shape index (κ2) is 5.27. The van der Waals surface area contributed by atoms with E-state index in [9.17, 15) is 0 Å². The first-order valence-electron chi connectivity index (χ1n) is 6.46. The minimum Gasteiger partial charge on any atom is -0.307 e. The largest absolute Gasteiger partial charge is 0.307 e. The fourth-order valence-electron chi connectivity index (χ4n) is 2.13. The molecule has 0 amide bonds. The molecule has 3 nitrogen and oxygen atoms in total. The minimum absolute atomic E-state index is 0.788. The van der Waals surface area contributed by atoms with Crippen LogP contribution in [0, 0.1) is 0 Å². The van der Waals surface area contributed by atoms with Gasteiger partial charge in [-0.2, -0.15) is 0 Å². The Bertz CT molecular complexity index is 506. The summed E-state index contributed by atoms with van der Waals surface area (Å²) in [6.45, 7) is 1.68. The average Bonchev–Trinajstić information content (AvgIpc) is 3.25. The van der Waals surface area contributed by atoms with Crippen LogP contribution in [0.1, 0.15) is 35.6 Å². The standard InChI is InChI=1S/C15H17N3/c1-2-12(8-14(3-1)13-4-5-13)9-17-10-15-6-7-16-11-18-15/h1-3,6-8,11,13,17H,4-5,9-10H2. The molecule has 3 rings (SSSR count). The van der Waals surface area contributed by atoms with Crippen molar-refractivity contribution >= 4 is 0 Å². The van der Waals surface area contributed by atoms with Gasteiger partial charge in [0.15, 0.2) is 0 Å². The van der Waals surface area contributed by atoms with Crippen LogP contribution in [0.4, 0.5) is 0 Å². The summed E-state index contributed by atoms with van der Waals surface area (Å²) in [5.41, 5.74) is 3.88. The molecule has 1 fully saturated rings. The van der Waals surface area contributed by atoms with E-state index >= 15 is 0 Å². The van der Waals surface area contributed by atoms with Gasteiger partial charge in [-0.15, -0.1) is 0 Å². The van der Waals surface area contributed by atoms with Gasteiger partial charge in [0.2, 0.25) is 0 Å². The number of hydrogen-bond donors (Lipinski definition) is 1. The molecule has 0 spiro atoms. The summed E-state index contributed by atoms with van der Waals surface area (Å²) in [6.07, 6.45) is 6.08. The molecule has 1 aliphatic rings. The van der Waals surface area contributed by atoms with Crippen molar-refractivity contribution in [2.75, 3.05) is 0 Å². The molecule has 1 heterocycles. The number of benzene rings is 1. The monoisotopic (exact) mass is 239 g/mol. The summed E-state index contributed by atoms with van der Waals surface area (Å²) < 4.78 is 0. The molecule has 18 heavy (non-hydrogen) atoms. The average molecular weight is 239 g/mol. The first-order chi connectivity index (χ1) is 8.92. The van der Waals surface area contributed by atoms with Gasteiger partial charge in [0.05, 0.1) is 5.69 Å². The van der Waals surface area contributed by atoms with E-state index in [1.807, 2.05) is 6.07 Å². The van der Waals surface area contributed by atoms with Crippen molar-refractivity contribution in [3.05, 3.63) is 59.7 Å². The maximum absolute atomic E-state index is 4.19. The third-order valence-electron chi connectivity index (χ3n) is 3.28. The van der Waals surface area contributed by atoms with Crippen LogP contribution in [0.15, 0.2) is 42.9 Å². The Morgan fingerprint density at radius 2 is 2.11 bits per heavy atom. The van der Waals surface area contributed by atoms with Crippen LogP contribution in [0.3, 0.4) is 0 Å². The van der Waals surface area contributed by atoms with E-state index in [2.05, 4.69) is 39.6 Å². The molecule has 0 saturated heterocycles. The number of hydrogen-bond acceptors (Lipinski definition) is 3. The third kappa shape index (κ3) is 2.93. The van der Waals surface area contributed by atoms with E-state index in [1.54, 1.807) is 12.5 Å². The zero-order valence-corrected chi connectivity index (χ0v) is 10.3. The fourth-order valence-corrected chi connectivity index (χ4v) is 2.13. The Balaban J connectivity index is 1.55. The van der Waals surface area contributed by atoms with Gasteiger partial charge in [-0.25, -0.2) is 9.97 Å². The molecule has 2 aromatic rings. The molecule has 1 aromatic heterocycles. The van der Waals surface area contributed by atoms with Crippen molar-refractivity contribution in [1.29, 1.82) is 0 Å². The highest BCUT2D eigenvalue weighted by molar-refractivity contribution is 5.29. The van der Waals surface area contributed by atoms with E-state index in [-0.39, 0.29) is 0 Å². The highest BCUT2D eigenvalue weighted by Crippen LogP contribution is 2.40. The molecule has 92 valence electrons. The van der Waals surface area contributed by atoms with E-state index < -0.39 is 0 Å². The number of nitrogens with one attached hydrogen (secondary N) is 1. The molecule has 0 radical (unpaired) electrons. The minimum atomic E-state index is 0.788. The molecule has 0 aliphatic heterocycles. The molecule has 0 bridgehead atoms. The molecule has 1 aromatic carbocycles. The zero-order valence-electron chi connectivity index (χ0n) is 10.3. The van der Waals surface area contributed by atoms with Crippen LogP contribution in [0.25, 0.3) is 0 Å². The second-order valence-corrected chi connectivity index (χ2v) is 4.82. The molecular weight excluding hydrogens is 222 g/mol. The first-order valence-corrected chi connectivity index (χ1v) is 6.46. The van der Waals surface area contributed by atoms with E-state index in [0.717, 1.165) is 24.7 Å². The van der Waals surface area contributed by atoms with E-state index in [0.29, 0.717) is 0 Å². The van der Waals surface area contributed by atoms with Crippen LogP contribution in [-0.4, -0.2) is 9.97 Å². The van der Waals surface area contributed by atoms with E-state index in [4.69, 9.17) is 0 Å². The van der Waals surface area contributed by atoms with Gasteiger partial charge in [-0.1, -0.05) is 24.3 Å². The lowest BCUT2D eigenvalue weighted by atomic mass is 10.1. The van der Waals surface area contributed by atoms with Crippen molar-refractivity contribution in [2.45, 2.75) is 31.8 Å². The van der Waals surface area contributed by atoms with Crippen LogP contribution in [0.2, 0.25) is 0 Å². The van der Waals surface area contributed by atoms with Crippen LogP contribution in [-0.2, 0) is 13.1 Å². The lowest BCUT2D eigenvalue weighted by Gasteiger charge is -2.06. The van der Waals surface area contributed by atoms with Gasteiger partial charge >= 0.3 is 0 Å². The zero-order chi connectivity index (χ0) is 12.2. The molecule has 1 saturated carbocycles. The summed E-state index contributed by atoms with van der Waals surface area (Å²) in [7, 11) is 0. The van der Waals surface area contributed by atoms with Crippen molar-refractivity contribution < 1.29 is 0 Å². The number of nitrogens with zero attached hydrogens (tertiary/aromatic N) is 2. The van der Waals surface area contributed by atoms with Crippen molar-refractivity contribution in [2.24, 2.45) is 0 Å². The predicted octanol–water partition coefficient (Wildman–Crippen LogP) is 2.64. The van der Waals surface area contributed by atoms with Gasteiger partial charge in [0.1, 0.15) is 6.33 Å². The number of aromatic nitrogens is 2. The number of rotatable bonds is 5. The van der Waals surface area contributed by atoms with Crippen LogP contribution < -0.4 is 5.32 Å². The first kappa shape index (κ1) is 11.4. The van der Waals surface area contributed by atoms with Crippen LogP contribution >= 0.6 is 0 Å². The lowest BCUT2D eigenvalue weighted by molar-refractivity contribution is 0.677. The Hall–Kier alpha value is -1.74. The fraction of sp³-hybridized carbons (Fsp3) is 0.333. The summed E-state index contributed by atoms with van der Waals surface area (Å²) >= 11 is 0. The molecule has 0 atom stereocenters. The highest BCUT2D eigenvalue weighted by Gasteiger charge is 2.23. The van der Waals surface area contributed by atoms with Crippen LogP contribution in [0.5, 0.6) is 0 Å². The third-order valence-corrected chi connectivity index (χ3v) is 3.28. The van der Waals surface area contributed by atoms with Gasteiger partial charge < -0.3 is 5.32 Å².